The van der Waals surface area contributed by atoms with E-state index in [4.69, 9.17) is 0 Å². The van der Waals surface area contributed by atoms with Crippen LogP contribution in [0.1, 0.15) is 28.7 Å². The second kappa shape index (κ2) is 6.24. The van der Waals surface area contributed by atoms with Crippen molar-refractivity contribution < 1.29 is 4.79 Å². The van der Waals surface area contributed by atoms with Crippen molar-refractivity contribution >= 4 is 28.2 Å². The lowest BCUT2D eigenvalue weighted by molar-refractivity contribution is 0.102. The van der Waals surface area contributed by atoms with Gasteiger partial charge in [-0.05, 0) is 25.0 Å². The standard InChI is InChI=1S/C12H15N5OS/c1-3-6-13-12-17-16-11(19-12)10(18)15-9-5-4-8(2)7-14-9/h4-5,7H,3,6H2,1-2H3,(H,13,17)(H,14,15,18). The topological polar surface area (TPSA) is 79.8 Å². The Morgan fingerprint density at radius 3 is 2.89 bits per heavy atom. The molecule has 0 aliphatic rings. The molecule has 1 amide bonds. The Morgan fingerprint density at radius 1 is 1.37 bits per heavy atom. The van der Waals surface area contributed by atoms with Crippen LogP contribution >= 0.6 is 11.3 Å². The molecule has 0 fully saturated rings. The molecule has 0 aromatic carbocycles. The molecule has 2 heterocycles. The van der Waals surface area contributed by atoms with Gasteiger partial charge in [-0.2, -0.15) is 0 Å². The largest absolute Gasteiger partial charge is 0.360 e. The van der Waals surface area contributed by atoms with Gasteiger partial charge in [0.15, 0.2) is 0 Å². The zero-order valence-corrected chi connectivity index (χ0v) is 11.6. The summed E-state index contributed by atoms with van der Waals surface area (Å²) in [7, 11) is 0. The molecular weight excluding hydrogens is 262 g/mol. The quantitative estimate of drug-likeness (QED) is 0.876. The van der Waals surface area contributed by atoms with Gasteiger partial charge in [-0.15, -0.1) is 10.2 Å². The number of amides is 1. The van der Waals surface area contributed by atoms with Crippen LogP contribution in [-0.4, -0.2) is 27.6 Å². The number of rotatable bonds is 5. The van der Waals surface area contributed by atoms with E-state index in [2.05, 4.69) is 32.7 Å². The van der Waals surface area contributed by atoms with E-state index >= 15 is 0 Å². The molecule has 0 aliphatic carbocycles. The van der Waals surface area contributed by atoms with Gasteiger partial charge in [-0.25, -0.2) is 4.98 Å². The minimum atomic E-state index is -0.293. The van der Waals surface area contributed by atoms with Crippen LogP contribution in [-0.2, 0) is 0 Å². The number of carbonyl (C=O) groups is 1. The number of nitrogens with zero attached hydrogens (tertiary/aromatic N) is 3. The van der Waals surface area contributed by atoms with Crippen molar-refractivity contribution in [2.75, 3.05) is 17.2 Å². The average Bonchev–Trinajstić information content (AvgIpc) is 2.88. The summed E-state index contributed by atoms with van der Waals surface area (Å²) in [5.74, 6) is 0.215. The normalized spacial score (nSPS) is 10.2. The van der Waals surface area contributed by atoms with Crippen molar-refractivity contribution in [3.05, 3.63) is 28.9 Å². The highest BCUT2D eigenvalue weighted by Crippen LogP contribution is 2.16. The highest BCUT2D eigenvalue weighted by atomic mass is 32.1. The van der Waals surface area contributed by atoms with Crippen molar-refractivity contribution in [3.8, 4) is 0 Å². The number of aryl methyl sites for hydroxylation is 1. The average molecular weight is 277 g/mol. The van der Waals surface area contributed by atoms with Crippen LogP contribution in [0, 0.1) is 6.92 Å². The minimum Gasteiger partial charge on any atom is -0.360 e. The molecule has 0 aliphatic heterocycles. The maximum Gasteiger partial charge on any atom is 0.287 e. The molecule has 0 atom stereocenters. The molecule has 2 aromatic heterocycles. The Kier molecular flexibility index (Phi) is 4.40. The second-order valence-corrected chi connectivity index (χ2v) is 4.99. The highest BCUT2D eigenvalue weighted by Gasteiger charge is 2.13. The lowest BCUT2D eigenvalue weighted by atomic mass is 10.3. The van der Waals surface area contributed by atoms with Crippen LogP contribution in [0.2, 0.25) is 0 Å². The van der Waals surface area contributed by atoms with Crippen LogP contribution in [0.5, 0.6) is 0 Å². The van der Waals surface area contributed by atoms with Crippen molar-refractivity contribution in [3.63, 3.8) is 0 Å². The highest BCUT2D eigenvalue weighted by molar-refractivity contribution is 7.17. The molecule has 0 bridgehead atoms. The lowest BCUT2D eigenvalue weighted by Crippen LogP contribution is -2.12. The van der Waals surface area contributed by atoms with Crippen molar-refractivity contribution in [1.29, 1.82) is 0 Å². The minimum absolute atomic E-state index is 0.293. The van der Waals surface area contributed by atoms with E-state index in [9.17, 15) is 4.79 Å². The Bertz CT molecular complexity index is 552. The monoisotopic (exact) mass is 277 g/mol. The maximum absolute atomic E-state index is 11.9. The van der Waals surface area contributed by atoms with Crippen molar-refractivity contribution in [2.24, 2.45) is 0 Å². The molecule has 0 spiro atoms. The third-order valence-corrected chi connectivity index (χ3v) is 3.18. The van der Waals surface area contributed by atoms with E-state index in [-0.39, 0.29) is 5.91 Å². The summed E-state index contributed by atoms with van der Waals surface area (Å²) in [6.07, 6.45) is 2.69. The first-order valence-corrected chi connectivity index (χ1v) is 6.82. The second-order valence-electron chi connectivity index (χ2n) is 4.01. The van der Waals surface area contributed by atoms with Gasteiger partial charge in [-0.3, -0.25) is 4.79 Å². The van der Waals surface area contributed by atoms with E-state index in [1.54, 1.807) is 12.3 Å². The third kappa shape index (κ3) is 3.72. The van der Waals surface area contributed by atoms with E-state index in [0.717, 1.165) is 18.5 Å². The summed E-state index contributed by atoms with van der Waals surface area (Å²) in [5.41, 5.74) is 1.04. The number of aromatic nitrogens is 3. The number of anilines is 2. The maximum atomic E-state index is 11.9. The summed E-state index contributed by atoms with van der Waals surface area (Å²) in [6, 6.07) is 3.64. The predicted molar refractivity (Wildman–Crippen MR) is 75.6 cm³/mol. The van der Waals surface area contributed by atoms with Gasteiger partial charge in [0.1, 0.15) is 5.82 Å². The summed E-state index contributed by atoms with van der Waals surface area (Å²) >= 11 is 1.23. The third-order valence-electron chi connectivity index (χ3n) is 2.30. The molecule has 100 valence electrons. The molecule has 6 nitrogen and oxygen atoms in total. The molecule has 0 saturated carbocycles. The first-order valence-electron chi connectivity index (χ1n) is 6.00. The van der Waals surface area contributed by atoms with Crippen LogP contribution < -0.4 is 10.6 Å². The van der Waals surface area contributed by atoms with Gasteiger partial charge in [0, 0.05) is 12.7 Å². The Morgan fingerprint density at radius 2 is 2.21 bits per heavy atom. The number of hydrogen-bond donors (Lipinski definition) is 2. The summed E-state index contributed by atoms with van der Waals surface area (Å²) < 4.78 is 0. The Balaban J connectivity index is 1.99. The molecule has 2 rings (SSSR count). The molecule has 0 unspecified atom stereocenters. The fraction of sp³-hybridized carbons (Fsp3) is 0.333. The van der Waals surface area contributed by atoms with Crippen molar-refractivity contribution in [1.82, 2.24) is 15.2 Å². The predicted octanol–water partition coefficient (Wildman–Crippen LogP) is 2.32. The van der Waals surface area contributed by atoms with E-state index < -0.39 is 0 Å². The van der Waals surface area contributed by atoms with Gasteiger partial charge in [0.25, 0.3) is 5.91 Å². The zero-order chi connectivity index (χ0) is 13.7. The number of nitrogens with one attached hydrogen (secondary N) is 2. The van der Waals surface area contributed by atoms with Gasteiger partial charge in [0.2, 0.25) is 10.1 Å². The molecular formula is C12H15N5OS. The fourth-order valence-corrected chi connectivity index (χ4v) is 1.99. The van der Waals surface area contributed by atoms with Gasteiger partial charge in [0.05, 0.1) is 0 Å². The van der Waals surface area contributed by atoms with Gasteiger partial charge in [-0.1, -0.05) is 24.3 Å². The van der Waals surface area contributed by atoms with Gasteiger partial charge >= 0.3 is 0 Å². The fourth-order valence-electron chi connectivity index (χ4n) is 1.33. The molecule has 0 saturated heterocycles. The first-order chi connectivity index (χ1) is 9.19. The molecule has 19 heavy (non-hydrogen) atoms. The molecule has 2 N–H and O–H groups in total. The number of hydrogen-bond acceptors (Lipinski definition) is 6. The lowest BCUT2D eigenvalue weighted by Gasteiger charge is -2.01. The Labute approximate surface area is 115 Å². The molecule has 0 radical (unpaired) electrons. The molecule has 2 aromatic rings. The van der Waals surface area contributed by atoms with Crippen molar-refractivity contribution in [2.45, 2.75) is 20.3 Å². The van der Waals surface area contributed by atoms with Crippen LogP contribution in [0.25, 0.3) is 0 Å². The number of carbonyl (C=O) groups excluding carboxylic acids is 1. The van der Waals surface area contributed by atoms with Crippen LogP contribution in [0.3, 0.4) is 0 Å². The summed E-state index contributed by atoms with van der Waals surface area (Å²) in [4.78, 5) is 16.0. The van der Waals surface area contributed by atoms with E-state index in [1.807, 2.05) is 13.0 Å². The van der Waals surface area contributed by atoms with Gasteiger partial charge < -0.3 is 10.6 Å². The Hall–Kier alpha value is -2.02. The zero-order valence-electron chi connectivity index (χ0n) is 10.8. The van der Waals surface area contributed by atoms with Crippen LogP contribution in [0.15, 0.2) is 18.3 Å². The smallest absolute Gasteiger partial charge is 0.287 e. The van der Waals surface area contributed by atoms with E-state index in [0.29, 0.717) is 16.0 Å². The molecule has 7 heteroatoms. The summed E-state index contributed by atoms with van der Waals surface area (Å²) in [6.45, 7) is 4.81. The summed E-state index contributed by atoms with van der Waals surface area (Å²) in [5, 5.41) is 14.5. The number of pyridine rings is 1. The van der Waals surface area contributed by atoms with E-state index in [1.165, 1.54) is 11.3 Å². The SMILES string of the molecule is CCCNc1nnc(C(=O)Nc2ccc(C)cn2)s1. The van der Waals surface area contributed by atoms with Crippen LogP contribution in [0.4, 0.5) is 10.9 Å². The first kappa shape index (κ1) is 13.4.